The highest BCUT2D eigenvalue weighted by Crippen LogP contribution is 2.29. The first kappa shape index (κ1) is 15.2. The number of carbonyl (C=O) groups is 1. The highest BCUT2D eigenvalue weighted by molar-refractivity contribution is 7.12. The maximum atomic E-state index is 11.8. The first-order valence-electron chi connectivity index (χ1n) is 7.53. The summed E-state index contributed by atoms with van der Waals surface area (Å²) in [6.45, 7) is 5.13. The molecule has 6 heteroatoms. The van der Waals surface area contributed by atoms with Crippen molar-refractivity contribution in [3.63, 3.8) is 0 Å². The summed E-state index contributed by atoms with van der Waals surface area (Å²) in [6, 6.07) is 2.47. The second kappa shape index (κ2) is 6.62. The van der Waals surface area contributed by atoms with Crippen molar-refractivity contribution in [3.05, 3.63) is 40.6 Å². The van der Waals surface area contributed by atoms with Crippen LogP contribution in [0.25, 0.3) is 0 Å². The van der Waals surface area contributed by atoms with E-state index in [0.29, 0.717) is 12.0 Å². The van der Waals surface area contributed by atoms with Crippen molar-refractivity contribution < 1.29 is 9.53 Å². The minimum Gasteiger partial charge on any atom is -0.465 e. The van der Waals surface area contributed by atoms with E-state index in [-0.39, 0.29) is 5.97 Å². The number of hydrogen-bond acceptors (Lipinski definition) is 5. The van der Waals surface area contributed by atoms with E-state index in [1.165, 1.54) is 18.4 Å². The second-order valence-electron chi connectivity index (χ2n) is 5.84. The van der Waals surface area contributed by atoms with Crippen LogP contribution in [0.3, 0.4) is 0 Å². The number of piperidine rings is 1. The average molecular weight is 319 g/mol. The van der Waals surface area contributed by atoms with Gasteiger partial charge in [0.1, 0.15) is 4.88 Å². The van der Waals surface area contributed by atoms with Gasteiger partial charge in [0.25, 0.3) is 0 Å². The van der Waals surface area contributed by atoms with Gasteiger partial charge in [-0.25, -0.2) is 9.78 Å². The predicted molar refractivity (Wildman–Crippen MR) is 86.0 cm³/mol. The Morgan fingerprint density at radius 1 is 1.55 bits per heavy atom. The quantitative estimate of drug-likeness (QED) is 0.813. The summed E-state index contributed by atoms with van der Waals surface area (Å²) in [5.41, 5.74) is 1.07. The van der Waals surface area contributed by atoms with Gasteiger partial charge in [-0.1, -0.05) is 6.92 Å². The predicted octanol–water partition coefficient (Wildman–Crippen LogP) is 2.81. The maximum absolute atomic E-state index is 11.8. The van der Waals surface area contributed by atoms with E-state index in [0.717, 1.165) is 36.5 Å². The minimum absolute atomic E-state index is 0.235. The van der Waals surface area contributed by atoms with Crippen LogP contribution in [0.1, 0.15) is 34.6 Å². The molecule has 1 aliphatic rings. The van der Waals surface area contributed by atoms with Crippen LogP contribution in [0.2, 0.25) is 0 Å². The number of rotatable bonds is 4. The number of likely N-dealkylation sites (tertiary alicyclic amines) is 1. The van der Waals surface area contributed by atoms with Gasteiger partial charge in [0.15, 0.2) is 0 Å². The number of methoxy groups -OCH3 is 1. The van der Waals surface area contributed by atoms with Crippen LogP contribution in [0, 0.1) is 5.92 Å². The van der Waals surface area contributed by atoms with Crippen LogP contribution in [0.5, 0.6) is 0 Å². The van der Waals surface area contributed by atoms with Gasteiger partial charge >= 0.3 is 5.97 Å². The number of nitrogens with zero attached hydrogens (tertiary/aromatic N) is 3. The Morgan fingerprint density at radius 2 is 2.41 bits per heavy atom. The Bertz CT molecular complexity index is 623. The molecule has 2 aromatic rings. The fraction of sp³-hybridized carbons (Fsp3) is 0.500. The van der Waals surface area contributed by atoms with Gasteiger partial charge in [-0.15, -0.1) is 11.3 Å². The van der Waals surface area contributed by atoms with E-state index in [1.807, 2.05) is 30.2 Å². The Hall–Kier alpha value is -1.66. The molecule has 0 radical (unpaired) electrons. The van der Waals surface area contributed by atoms with E-state index >= 15 is 0 Å². The lowest BCUT2D eigenvalue weighted by Crippen LogP contribution is -2.40. The van der Waals surface area contributed by atoms with Crippen molar-refractivity contribution >= 4 is 17.3 Å². The molecule has 2 aromatic heterocycles. The van der Waals surface area contributed by atoms with E-state index in [4.69, 9.17) is 4.74 Å². The van der Waals surface area contributed by atoms with Crippen molar-refractivity contribution in [1.82, 2.24) is 14.5 Å². The molecule has 0 saturated carbocycles. The number of ether oxygens (including phenoxy) is 1. The Morgan fingerprint density at radius 3 is 3.14 bits per heavy atom. The van der Waals surface area contributed by atoms with Crippen molar-refractivity contribution in [1.29, 1.82) is 0 Å². The highest BCUT2D eigenvalue weighted by atomic mass is 32.1. The molecule has 1 aliphatic heterocycles. The molecule has 0 amide bonds. The van der Waals surface area contributed by atoms with Gasteiger partial charge < -0.3 is 9.30 Å². The lowest BCUT2D eigenvalue weighted by molar-refractivity contribution is 0.0602. The first-order valence-corrected chi connectivity index (χ1v) is 8.41. The summed E-state index contributed by atoms with van der Waals surface area (Å²) in [5.74, 6) is 0.398. The SMILES string of the molecule is COC(=O)c1sccc1CN1CC[C@H](C)[C@@H](n2ccnc2)C1. The van der Waals surface area contributed by atoms with Gasteiger partial charge in [0.2, 0.25) is 0 Å². The van der Waals surface area contributed by atoms with E-state index in [2.05, 4.69) is 21.4 Å². The van der Waals surface area contributed by atoms with Crippen LogP contribution >= 0.6 is 11.3 Å². The summed E-state index contributed by atoms with van der Waals surface area (Å²) in [7, 11) is 1.43. The molecule has 2 atom stereocenters. The van der Waals surface area contributed by atoms with Crippen molar-refractivity contribution in [3.8, 4) is 0 Å². The second-order valence-corrected chi connectivity index (χ2v) is 6.76. The highest BCUT2D eigenvalue weighted by Gasteiger charge is 2.28. The van der Waals surface area contributed by atoms with Crippen LogP contribution < -0.4 is 0 Å². The van der Waals surface area contributed by atoms with Gasteiger partial charge in [-0.2, -0.15) is 0 Å². The average Bonchev–Trinajstić information content (AvgIpc) is 3.20. The zero-order valence-corrected chi connectivity index (χ0v) is 13.8. The Balaban J connectivity index is 1.71. The molecule has 0 spiro atoms. The summed E-state index contributed by atoms with van der Waals surface area (Å²) in [5, 5.41) is 1.96. The molecular weight excluding hydrogens is 298 g/mol. The normalized spacial score (nSPS) is 22.6. The zero-order valence-electron chi connectivity index (χ0n) is 12.9. The molecule has 118 valence electrons. The largest absolute Gasteiger partial charge is 0.465 e. The summed E-state index contributed by atoms with van der Waals surface area (Å²) >= 11 is 1.45. The number of imidazole rings is 1. The Kier molecular flexibility index (Phi) is 4.59. The smallest absolute Gasteiger partial charge is 0.348 e. The number of hydrogen-bond donors (Lipinski definition) is 0. The monoisotopic (exact) mass is 319 g/mol. The van der Waals surface area contributed by atoms with Crippen LogP contribution in [-0.2, 0) is 11.3 Å². The lowest BCUT2D eigenvalue weighted by Gasteiger charge is -2.37. The van der Waals surface area contributed by atoms with Crippen LogP contribution in [0.4, 0.5) is 0 Å². The Labute approximate surface area is 134 Å². The topological polar surface area (TPSA) is 47.4 Å². The fourth-order valence-electron chi connectivity index (χ4n) is 3.08. The fourth-order valence-corrected chi connectivity index (χ4v) is 3.92. The minimum atomic E-state index is -0.235. The maximum Gasteiger partial charge on any atom is 0.348 e. The number of aromatic nitrogens is 2. The third-order valence-electron chi connectivity index (χ3n) is 4.42. The summed E-state index contributed by atoms with van der Waals surface area (Å²) in [4.78, 5) is 19.1. The van der Waals surface area contributed by atoms with E-state index < -0.39 is 0 Å². The van der Waals surface area contributed by atoms with Gasteiger partial charge in [-0.3, -0.25) is 4.90 Å². The first-order chi connectivity index (χ1) is 10.7. The van der Waals surface area contributed by atoms with E-state index in [9.17, 15) is 4.79 Å². The molecule has 0 unspecified atom stereocenters. The third-order valence-corrected chi connectivity index (χ3v) is 5.36. The van der Waals surface area contributed by atoms with Crippen molar-refractivity contribution in [2.45, 2.75) is 25.9 Å². The molecule has 0 bridgehead atoms. The zero-order chi connectivity index (χ0) is 15.5. The number of thiophene rings is 1. The van der Waals surface area contributed by atoms with Crippen molar-refractivity contribution in [2.75, 3.05) is 20.2 Å². The molecule has 22 heavy (non-hydrogen) atoms. The number of carbonyl (C=O) groups excluding carboxylic acids is 1. The number of esters is 1. The summed E-state index contributed by atoms with van der Waals surface area (Å²) in [6.07, 6.45) is 6.92. The molecule has 5 nitrogen and oxygen atoms in total. The third kappa shape index (κ3) is 3.08. The van der Waals surface area contributed by atoms with Crippen LogP contribution in [0.15, 0.2) is 30.2 Å². The lowest BCUT2D eigenvalue weighted by atomic mass is 9.93. The molecule has 0 aliphatic carbocycles. The van der Waals surface area contributed by atoms with Crippen molar-refractivity contribution in [2.24, 2.45) is 5.92 Å². The molecule has 1 saturated heterocycles. The van der Waals surface area contributed by atoms with Gasteiger partial charge in [0.05, 0.1) is 13.4 Å². The van der Waals surface area contributed by atoms with E-state index in [1.54, 1.807) is 0 Å². The molecule has 3 rings (SSSR count). The van der Waals surface area contributed by atoms with Crippen LogP contribution in [-0.4, -0.2) is 40.6 Å². The molecule has 0 N–H and O–H groups in total. The molecule has 3 heterocycles. The van der Waals surface area contributed by atoms with Gasteiger partial charge in [-0.05, 0) is 35.9 Å². The summed E-state index contributed by atoms with van der Waals surface area (Å²) < 4.78 is 7.06. The molecule has 1 fully saturated rings. The molecular formula is C16H21N3O2S. The standard InChI is InChI=1S/C16H21N3O2S/c1-12-3-6-18(10-14(12)19-7-5-17-11-19)9-13-4-8-22-15(13)16(20)21-2/h4-5,7-8,11-12,14H,3,6,9-10H2,1-2H3/t12-,14-/m0/s1. The molecule has 0 aromatic carbocycles. The van der Waals surface area contributed by atoms with Gasteiger partial charge in [0, 0.05) is 31.5 Å².